The predicted molar refractivity (Wildman–Crippen MR) is 61.6 cm³/mol. The normalized spacial score (nSPS) is 30.2. The third-order valence-electron chi connectivity index (χ3n) is 3.14. The third kappa shape index (κ3) is 1.80. The molecular weight excluding hydrogens is 276 g/mol. The fourth-order valence-corrected chi connectivity index (χ4v) is 2.16. The van der Waals surface area contributed by atoms with Crippen molar-refractivity contribution in [2.45, 2.75) is 24.6 Å². The minimum atomic E-state index is -1.82. The summed E-state index contributed by atoms with van der Waals surface area (Å²) >= 11 is 0. The van der Waals surface area contributed by atoms with Crippen LogP contribution < -0.4 is 5.73 Å². The summed E-state index contributed by atoms with van der Waals surface area (Å²) in [4.78, 5) is 10.8. The molecule has 0 spiro atoms. The zero-order valence-electron chi connectivity index (χ0n) is 10.0. The van der Waals surface area contributed by atoms with Crippen LogP contribution in [0.1, 0.15) is 6.23 Å². The fraction of sp³-hybridized carbons (Fsp3) is 0.500. The summed E-state index contributed by atoms with van der Waals surface area (Å²) in [6, 6.07) is 0. The van der Waals surface area contributed by atoms with Crippen molar-refractivity contribution in [3.8, 4) is 0 Å². The first-order valence-corrected chi connectivity index (χ1v) is 5.77. The van der Waals surface area contributed by atoms with Gasteiger partial charge in [-0.3, -0.25) is 4.57 Å². The molecule has 4 atom stereocenters. The maximum atomic E-state index is 14.0. The molecule has 108 valence electrons. The predicted octanol–water partition coefficient (Wildman–Crippen LogP) is -0.864. The van der Waals surface area contributed by atoms with Gasteiger partial charge in [0.1, 0.15) is 12.2 Å². The van der Waals surface area contributed by atoms with E-state index < -0.39 is 37.2 Å². The summed E-state index contributed by atoms with van der Waals surface area (Å²) in [7, 11) is 0. The molecule has 0 amide bonds. The first-order valence-electron chi connectivity index (χ1n) is 5.77. The van der Waals surface area contributed by atoms with Gasteiger partial charge in [-0.1, -0.05) is 0 Å². The number of aliphatic hydroxyl groups is 2. The first-order chi connectivity index (χ1) is 9.52. The number of fused-ring (bicyclic) bond motifs is 1. The third-order valence-corrected chi connectivity index (χ3v) is 3.14. The topological polar surface area (TPSA) is 119 Å². The van der Waals surface area contributed by atoms with Crippen molar-refractivity contribution in [1.29, 1.82) is 0 Å². The second kappa shape index (κ2) is 4.58. The molecule has 3 heterocycles. The van der Waals surface area contributed by atoms with E-state index in [-0.39, 0.29) is 17.1 Å². The Morgan fingerprint density at radius 3 is 2.85 bits per heavy atom. The Morgan fingerprint density at radius 2 is 2.20 bits per heavy atom. The molecule has 1 saturated heterocycles. The van der Waals surface area contributed by atoms with Crippen LogP contribution in [0.2, 0.25) is 0 Å². The van der Waals surface area contributed by atoms with Crippen LogP contribution in [0.3, 0.4) is 0 Å². The second-order valence-electron chi connectivity index (χ2n) is 4.38. The number of hydrogen-bond acceptors (Lipinski definition) is 7. The Balaban J connectivity index is 2.07. The lowest BCUT2D eigenvalue weighted by atomic mass is 10.1. The van der Waals surface area contributed by atoms with Crippen LogP contribution in [0.15, 0.2) is 6.33 Å². The highest BCUT2D eigenvalue weighted by Gasteiger charge is 2.45. The number of halogens is 2. The number of nitrogen functional groups attached to an aromatic ring is 1. The summed E-state index contributed by atoms with van der Waals surface area (Å²) in [5.74, 6) is -1.26. The van der Waals surface area contributed by atoms with Gasteiger partial charge >= 0.3 is 0 Å². The molecule has 0 bridgehead atoms. The Morgan fingerprint density at radius 1 is 1.45 bits per heavy atom. The number of nitrogens with two attached hydrogens (primary N) is 1. The van der Waals surface area contributed by atoms with E-state index in [2.05, 4.69) is 15.0 Å². The number of anilines is 1. The molecule has 2 aromatic heterocycles. The van der Waals surface area contributed by atoms with Gasteiger partial charge < -0.3 is 20.7 Å². The van der Waals surface area contributed by atoms with Gasteiger partial charge in [0.25, 0.3) is 0 Å². The van der Waals surface area contributed by atoms with Gasteiger partial charge in [0.05, 0.1) is 12.9 Å². The van der Waals surface area contributed by atoms with E-state index in [4.69, 9.17) is 15.6 Å². The van der Waals surface area contributed by atoms with Gasteiger partial charge in [0.15, 0.2) is 23.6 Å². The molecule has 8 nitrogen and oxygen atoms in total. The van der Waals surface area contributed by atoms with Gasteiger partial charge in [-0.25, -0.2) is 9.37 Å². The summed E-state index contributed by atoms with van der Waals surface area (Å²) in [6.07, 6.45) is -4.54. The standard InChI is InChI=1S/C10H11F2N5O3/c11-4-6(19)3(1-18)20-9(4)17-2-14-5-7(12)15-10(13)16-8(5)17/h2-4,6,9,18-19H,1H2,(H2,13,15,16)/t3-,4?,6+,9-/m1/s1. The summed E-state index contributed by atoms with van der Waals surface area (Å²) in [5, 5.41) is 18.6. The lowest BCUT2D eigenvalue weighted by molar-refractivity contribution is -0.0459. The minimum Gasteiger partial charge on any atom is -0.394 e. The molecule has 1 unspecified atom stereocenters. The van der Waals surface area contributed by atoms with E-state index in [0.717, 1.165) is 10.9 Å². The van der Waals surface area contributed by atoms with Gasteiger partial charge in [-0.2, -0.15) is 14.4 Å². The minimum absolute atomic E-state index is 0.0477. The number of imidazole rings is 1. The molecule has 0 saturated carbocycles. The first kappa shape index (κ1) is 13.1. The number of aliphatic hydroxyl groups excluding tert-OH is 2. The van der Waals surface area contributed by atoms with Crippen LogP contribution in [0.5, 0.6) is 0 Å². The van der Waals surface area contributed by atoms with Crippen molar-refractivity contribution in [1.82, 2.24) is 19.5 Å². The van der Waals surface area contributed by atoms with Crippen molar-refractivity contribution in [2.24, 2.45) is 0 Å². The van der Waals surface area contributed by atoms with E-state index in [0.29, 0.717) is 0 Å². The maximum absolute atomic E-state index is 14.0. The Kier molecular flexibility index (Phi) is 3.00. The highest BCUT2D eigenvalue weighted by atomic mass is 19.1. The van der Waals surface area contributed by atoms with Crippen molar-refractivity contribution in [3.05, 3.63) is 12.3 Å². The van der Waals surface area contributed by atoms with Crippen LogP contribution in [0.4, 0.5) is 14.7 Å². The molecule has 1 aliphatic heterocycles. The summed E-state index contributed by atoms with van der Waals surface area (Å²) in [5.41, 5.74) is 5.11. The molecule has 2 aromatic rings. The summed E-state index contributed by atoms with van der Waals surface area (Å²) < 4.78 is 33.8. The number of ether oxygens (including phenoxy) is 1. The molecule has 0 aliphatic carbocycles. The van der Waals surface area contributed by atoms with Crippen LogP contribution in [0, 0.1) is 5.95 Å². The van der Waals surface area contributed by atoms with Crippen LogP contribution in [-0.4, -0.2) is 54.7 Å². The highest BCUT2D eigenvalue weighted by molar-refractivity contribution is 5.71. The van der Waals surface area contributed by atoms with Crippen LogP contribution in [-0.2, 0) is 4.74 Å². The van der Waals surface area contributed by atoms with Gasteiger partial charge in [-0.05, 0) is 0 Å². The molecule has 4 N–H and O–H groups in total. The quantitative estimate of drug-likeness (QED) is 0.614. The molecule has 10 heteroatoms. The summed E-state index contributed by atoms with van der Waals surface area (Å²) in [6.45, 7) is -0.545. The zero-order chi connectivity index (χ0) is 14.4. The lowest BCUT2D eigenvalue weighted by Gasteiger charge is -2.14. The average molecular weight is 287 g/mol. The number of alkyl halides is 1. The van der Waals surface area contributed by atoms with E-state index in [1.54, 1.807) is 0 Å². The van der Waals surface area contributed by atoms with E-state index in [9.17, 15) is 13.9 Å². The lowest BCUT2D eigenvalue weighted by Crippen LogP contribution is -2.30. The van der Waals surface area contributed by atoms with Crippen LogP contribution >= 0.6 is 0 Å². The number of nitrogens with zero attached hydrogens (tertiary/aromatic N) is 4. The second-order valence-corrected chi connectivity index (χ2v) is 4.38. The molecule has 0 aromatic carbocycles. The van der Waals surface area contributed by atoms with Gasteiger partial charge in [0.2, 0.25) is 11.9 Å². The Hall–Kier alpha value is -1.91. The molecule has 1 aliphatic rings. The van der Waals surface area contributed by atoms with E-state index in [1.165, 1.54) is 0 Å². The highest BCUT2D eigenvalue weighted by Crippen LogP contribution is 2.33. The van der Waals surface area contributed by atoms with E-state index >= 15 is 0 Å². The van der Waals surface area contributed by atoms with E-state index in [1.807, 2.05) is 0 Å². The van der Waals surface area contributed by atoms with Crippen LogP contribution in [0.25, 0.3) is 11.2 Å². The molecule has 20 heavy (non-hydrogen) atoms. The Bertz CT molecular complexity index is 651. The average Bonchev–Trinajstić information content (AvgIpc) is 2.93. The van der Waals surface area contributed by atoms with Crippen molar-refractivity contribution in [3.63, 3.8) is 0 Å². The smallest absolute Gasteiger partial charge is 0.245 e. The number of aromatic nitrogens is 4. The Labute approximate surface area is 110 Å². The van der Waals surface area contributed by atoms with Gasteiger partial charge in [-0.15, -0.1) is 0 Å². The van der Waals surface area contributed by atoms with Crippen molar-refractivity contribution < 1.29 is 23.7 Å². The number of hydrogen-bond donors (Lipinski definition) is 3. The maximum Gasteiger partial charge on any atom is 0.245 e. The van der Waals surface area contributed by atoms with Crippen molar-refractivity contribution in [2.75, 3.05) is 12.3 Å². The monoisotopic (exact) mass is 287 g/mol. The van der Waals surface area contributed by atoms with Crippen molar-refractivity contribution >= 4 is 17.1 Å². The zero-order valence-corrected chi connectivity index (χ0v) is 10.0. The molecule has 3 rings (SSSR count). The number of rotatable bonds is 2. The molecular formula is C10H11F2N5O3. The molecule has 1 fully saturated rings. The van der Waals surface area contributed by atoms with Gasteiger partial charge in [0, 0.05) is 0 Å². The molecule has 0 radical (unpaired) electrons. The fourth-order valence-electron chi connectivity index (χ4n) is 2.16. The largest absolute Gasteiger partial charge is 0.394 e. The SMILES string of the molecule is Nc1nc(F)c2ncn([C@@H]3O[C@H](CO)[C@H](O)C3F)c2n1.